The number of hydrogen-bond donors (Lipinski definition) is 1. The largest absolute Gasteiger partial charge is 0.326 e. The molecule has 0 atom stereocenters. The number of anilines is 2. The number of fused-ring (bicyclic) bond motifs is 1. The summed E-state index contributed by atoms with van der Waals surface area (Å²) in [6, 6.07) is 9.94. The Morgan fingerprint density at radius 1 is 1.17 bits per heavy atom. The first-order valence-corrected chi connectivity index (χ1v) is 8.91. The van der Waals surface area contributed by atoms with Gasteiger partial charge in [-0.2, -0.15) is 0 Å². The van der Waals surface area contributed by atoms with Gasteiger partial charge in [-0.15, -0.1) is 0 Å². The Morgan fingerprint density at radius 2 is 1.87 bits per heavy atom. The second kappa shape index (κ2) is 5.66. The summed E-state index contributed by atoms with van der Waals surface area (Å²) in [4.78, 5) is 14.0. The van der Waals surface area contributed by atoms with Gasteiger partial charge in [-0.05, 0) is 48.4 Å². The van der Waals surface area contributed by atoms with Crippen molar-refractivity contribution >= 4 is 27.2 Å². The van der Waals surface area contributed by atoms with Gasteiger partial charge in [-0.25, -0.2) is 17.6 Å². The Hall–Kier alpha value is -2.41. The number of urea groups is 1. The van der Waals surface area contributed by atoms with Crippen LogP contribution in [0.3, 0.4) is 0 Å². The number of benzene rings is 2. The number of halogens is 1. The lowest BCUT2D eigenvalue weighted by Crippen LogP contribution is -2.33. The van der Waals surface area contributed by atoms with Crippen LogP contribution < -0.4 is 10.2 Å². The predicted octanol–water partition coefficient (Wildman–Crippen LogP) is 2.82. The Morgan fingerprint density at radius 3 is 2.52 bits per heavy atom. The lowest BCUT2D eigenvalue weighted by atomic mass is 10.2. The molecule has 1 heterocycles. The van der Waals surface area contributed by atoms with E-state index in [0.717, 1.165) is 11.8 Å². The molecule has 3 rings (SSSR count). The molecule has 1 N–H and O–H groups in total. The maximum atomic E-state index is 13.4. The second-order valence-electron chi connectivity index (χ2n) is 5.40. The van der Waals surface area contributed by atoms with E-state index in [0.29, 0.717) is 24.3 Å². The summed E-state index contributed by atoms with van der Waals surface area (Å²) in [7, 11) is -3.27. The Labute approximate surface area is 133 Å². The van der Waals surface area contributed by atoms with Crippen LogP contribution in [0, 0.1) is 5.82 Å². The van der Waals surface area contributed by atoms with Gasteiger partial charge in [0, 0.05) is 18.5 Å². The average Bonchev–Trinajstić information content (AvgIpc) is 2.90. The van der Waals surface area contributed by atoms with E-state index in [1.165, 1.54) is 41.3 Å². The summed E-state index contributed by atoms with van der Waals surface area (Å²) in [5.41, 5.74) is 1.97. The minimum absolute atomic E-state index is 0.184. The monoisotopic (exact) mass is 334 g/mol. The molecule has 0 unspecified atom stereocenters. The molecule has 0 spiro atoms. The zero-order valence-electron chi connectivity index (χ0n) is 12.4. The summed E-state index contributed by atoms with van der Waals surface area (Å²) in [5.74, 6) is -0.388. The normalized spacial score (nSPS) is 13.7. The van der Waals surface area contributed by atoms with Crippen molar-refractivity contribution in [1.82, 2.24) is 0 Å². The quantitative estimate of drug-likeness (QED) is 0.918. The van der Waals surface area contributed by atoms with E-state index in [1.54, 1.807) is 6.07 Å². The smallest absolute Gasteiger partial charge is 0.308 e. The van der Waals surface area contributed by atoms with Gasteiger partial charge in [-0.1, -0.05) is 6.07 Å². The summed E-state index contributed by atoms with van der Waals surface area (Å²) >= 11 is 0. The van der Waals surface area contributed by atoms with Gasteiger partial charge in [0.05, 0.1) is 10.6 Å². The lowest BCUT2D eigenvalue weighted by Gasteiger charge is -2.18. The van der Waals surface area contributed by atoms with Gasteiger partial charge in [-0.3, -0.25) is 4.90 Å². The summed E-state index contributed by atoms with van der Waals surface area (Å²) in [5, 5.41) is 2.69. The number of amides is 2. The molecule has 0 saturated carbocycles. The first-order chi connectivity index (χ1) is 10.8. The Kier molecular flexibility index (Phi) is 3.81. The molecular formula is C16H15FN2O3S. The number of carbonyl (C=O) groups excluding carboxylic acids is 1. The second-order valence-corrected chi connectivity index (χ2v) is 7.42. The van der Waals surface area contributed by atoms with E-state index >= 15 is 0 Å². The molecule has 1 aliphatic heterocycles. The molecule has 2 aromatic carbocycles. The molecule has 1 aliphatic rings. The zero-order chi connectivity index (χ0) is 16.6. The van der Waals surface area contributed by atoms with E-state index in [1.807, 2.05) is 0 Å². The first-order valence-electron chi connectivity index (χ1n) is 7.02. The summed E-state index contributed by atoms with van der Waals surface area (Å²) in [6.07, 6.45) is 1.80. The van der Waals surface area contributed by atoms with Gasteiger partial charge in [0.25, 0.3) is 0 Å². The maximum absolute atomic E-state index is 13.4. The van der Waals surface area contributed by atoms with Crippen LogP contribution in [-0.4, -0.2) is 27.2 Å². The van der Waals surface area contributed by atoms with Crippen LogP contribution in [0.15, 0.2) is 47.4 Å². The van der Waals surface area contributed by atoms with E-state index in [4.69, 9.17) is 0 Å². The number of hydrogen-bond acceptors (Lipinski definition) is 3. The average molecular weight is 334 g/mol. The molecule has 120 valence electrons. The highest BCUT2D eigenvalue weighted by Crippen LogP contribution is 2.29. The third kappa shape index (κ3) is 3.19. The minimum atomic E-state index is -3.27. The van der Waals surface area contributed by atoms with Crippen molar-refractivity contribution in [3.8, 4) is 0 Å². The van der Waals surface area contributed by atoms with Crippen molar-refractivity contribution < 1.29 is 17.6 Å². The highest BCUT2D eigenvalue weighted by molar-refractivity contribution is 7.90. The third-order valence-corrected chi connectivity index (χ3v) is 4.85. The Balaban J connectivity index is 1.77. The van der Waals surface area contributed by atoms with Gasteiger partial charge < -0.3 is 5.32 Å². The van der Waals surface area contributed by atoms with Gasteiger partial charge in [0.2, 0.25) is 0 Å². The molecule has 0 fully saturated rings. The fraction of sp³-hybridized carbons (Fsp3) is 0.188. The van der Waals surface area contributed by atoms with Crippen LogP contribution in [0.25, 0.3) is 0 Å². The van der Waals surface area contributed by atoms with Crippen LogP contribution in [0.5, 0.6) is 0 Å². The number of rotatable bonds is 2. The molecule has 0 saturated heterocycles. The zero-order valence-corrected chi connectivity index (χ0v) is 13.2. The molecule has 5 nitrogen and oxygen atoms in total. The minimum Gasteiger partial charge on any atom is -0.308 e. The van der Waals surface area contributed by atoms with Crippen molar-refractivity contribution in [2.24, 2.45) is 0 Å². The molecule has 2 aromatic rings. The lowest BCUT2D eigenvalue weighted by molar-refractivity contribution is 0.257. The van der Waals surface area contributed by atoms with Crippen LogP contribution in [-0.2, 0) is 16.3 Å². The SMILES string of the molecule is CS(=O)(=O)c1ccc(NC(=O)N2CCc3ccc(F)cc32)cc1. The van der Waals surface area contributed by atoms with Gasteiger partial charge >= 0.3 is 6.03 Å². The van der Waals surface area contributed by atoms with Crippen LogP contribution in [0.2, 0.25) is 0 Å². The molecule has 7 heteroatoms. The van der Waals surface area contributed by atoms with E-state index < -0.39 is 9.84 Å². The molecular weight excluding hydrogens is 319 g/mol. The van der Waals surface area contributed by atoms with Crippen molar-refractivity contribution in [3.05, 3.63) is 53.8 Å². The fourth-order valence-electron chi connectivity index (χ4n) is 2.54. The fourth-order valence-corrected chi connectivity index (χ4v) is 3.17. The first kappa shape index (κ1) is 15.5. The van der Waals surface area contributed by atoms with Gasteiger partial charge in [0.15, 0.2) is 9.84 Å². The summed E-state index contributed by atoms with van der Waals surface area (Å²) in [6.45, 7) is 0.478. The van der Waals surface area contributed by atoms with Crippen molar-refractivity contribution in [3.63, 3.8) is 0 Å². The Bertz CT molecular complexity index is 863. The number of nitrogens with zero attached hydrogens (tertiary/aromatic N) is 1. The molecule has 2 amide bonds. The number of nitrogens with one attached hydrogen (secondary N) is 1. The standard InChI is InChI=1S/C16H15FN2O3S/c1-23(21,22)14-6-4-13(5-7-14)18-16(20)19-9-8-11-2-3-12(17)10-15(11)19/h2-7,10H,8-9H2,1H3,(H,18,20). The molecule has 0 aliphatic carbocycles. The van der Waals surface area contributed by atoms with Crippen molar-refractivity contribution in [1.29, 1.82) is 0 Å². The highest BCUT2D eigenvalue weighted by atomic mass is 32.2. The molecule has 0 radical (unpaired) electrons. The molecule has 0 aromatic heterocycles. The van der Waals surface area contributed by atoms with Crippen LogP contribution >= 0.6 is 0 Å². The van der Waals surface area contributed by atoms with E-state index in [9.17, 15) is 17.6 Å². The van der Waals surface area contributed by atoms with E-state index in [-0.39, 0.29) is 16.7 Å². The molecule has 23 heavy (non-hydrogen) atoms. The van der Waals surface area contributed by atoms with Crippen LogP contribution in [0.1, 0.15) is 5.56 Å². The highest BCUT2D eigenvalue weighted by Gasteiger charge is 2.25. The molecule has 0 bridgehead atoms. The maximum Gasteiger partial charge on any atom is 0.326 e. The number of carbonyl (C=O) groups is 1. The van der Waals surface area contributed by atoms with E-state index in [2.05, 4.69) is 5.32 Å². The topological polar surface area (TPSA) is 66.5 Å². The van der Waals surface area contributed by atoms with Crippen molar-refractivity contribution in [2.75, 3.05) is 23.0 Å². The van der Waals surface area contributed by atoms with Gasteiger partial charge in [0.1, 0.15) is 5.82 Å². The predicted molar refractivity (Wildman–Crippen MR) is 86.0 cm³/mol. The third-order valence-electron chi connectivity index (χ3n) is 3.72. The van der Waals surface area contributed by atoms with Crippen LogP contribution in [0.4, 0.5) is 20.6 Å². The van der Waals surface area contributed by atoms with Crippen molar-refractivity contribution in [2.45, 2.75) is 11.3 Å². The number of sulfone groups is 1. The summed E-state index contributed by atoms with van der Waals surface area (Å²) < 4.78 is 36.2.